The molecule has 2 aromatic carbocycles. The Kier molecular flexibility index (Phi) is 5.31. The maximum absolute atomic E-state index is 11.9. The number of phenolic OH excluding ortho intramolecular Hbond substituents is 1. The van der Waals surface area contributed by atoms with Crippen LogP contribution in [-0.4, -0.2) is 16.8 Å². The molecule has 0 aliphatic carbocycles. The van der Waals surface area contributed by atoms with E-state index in [0.29, 0.717) is 5.75 Å². The Labute approximate surface area is 135 Å². The molecule has 5 heteroatoms. The highest BCUT2D eigenvalue weighted by Gasteiger charge is 2.06. The maximum atomic E-state index is 11.9. The van der Waals surface area contributed by atoms with Gasteiger partial charge in [-0.15, -0.1) is 11.8 Å². The smallest absolute Gasteiger partial charge is 0.234 e. The number of nitrogens with one attached hydrogen (secondary N) is 1. The highest BCUT2D eigenvalue weighted by atomic mass is 127. The molecule has 0 heterocycles. The number of anilines is 1. The molecular weight excluding hydrogens is 385 g/mol. The van der Waals surface area contributed by atoms with E-state index >= 15 is 0 Å². The van der Waals surface area contributed by atoms with Gasteiger partial charge in [-0.25, -0.2) is 0 Å². The molecule has 3 nitrogen and oxygen atoms in total. The molecule has 0 saturated carbocycles. The van der Waals surface area contributed by atoms with E-state index in [1.165, 1.54) is 11.8 Å². The summed E-state index contributed by atoms with van der Waals surface area (Å²) in [5.74, 6) is 0.473. The zero-order valence-corrected chi connectivity index (χ0v) is 13.9. The first-order valence-corrected chi connectivity index (χ1v) is 8.09. The van der Waals surface area contributed by atoms with Crippen LogP contribution in [0.15, 0.2) is 47.4 Å². The molecule has 20 heavy (non-hydrogen) atoms. The second-order valence-electron chi connectivity index (χ2n) is 4.29. The second kappa shape index (κ2) is 6.99. The summed E-state index contributed by atoms with van der Waals surface area (Å²) in [6, 6.07) is 12.8. The number of rotatable bonds is 4. The highest BCUT2D eigenvalue weighted by Crippen LogP contribution is 2.23. The van der Waals surface area contributed by atoms with Gasteiger partial charge in [0.1, 0.15) is 5.75 Å². The molecule has 1 amide bonds. The van der Waals surface area contributed by atoms with Gasteiger partial charge in [-0.2, -0.15) is 0 Å². The van der Waals surface area contributed by atoms with Crippen LogP contribution in [0.3, 0.4) is 0 Å². The van der Waals surface area contributed by atoms with Crippen LogP contribution in [0.4, 0.5) is 5.69 Å². The Balaban J connectivity index is 1.92. The van der Waals surface area contributed by atoms with Crippen molar-refractivity contribution in [1.29, 1.82) is 0 Å². The van der Waals surface area contributed by atoms with Gasteiger partial charge in [0.25, 0.3) is 0 Å². The first kappa shape index (κ1) is 15.2. The lowest BCUT2D eigenvalue weighted by atomic mass is 10.2. The van der Waals surface area contributed by atoms with E-state index < -0.39 is 0 Å². The number of hydrogen-bond acceptors (Lipinski definition) is 3. The Bertz CT molecular complexity index is 631. The van der Waals surface area contributed by atoms with Crippen molar-refractivity contribution in [3.8, 4) is 5.75 Å². The fraction of sp³-hybridized carbons (Fsp3) is 0.133. The van der Waals surface area contributed by atoms with Gasteiger partial charge in [-0.1, -0.05) is 6.07 Å². The number of thioether (sulfide) groups is 1. The van der Waals surface area contributed by atoms with Crippen molar-refractivity contribution < 1.29 is 9.90 Å². The molecule has 0 saturated heterocycles. The van der Waals surface area contributed by atoms with Crippen LogP contribution in [0, 0.1) is 10.5 Å². The minimum atomic E-state index is -0.0531. The molecule has 0 aromatic heterocycles. The number of hydrogen-bond donors (Lipinski definition) is 2. The monoisotopic (exact) mass is 399 g/mol. The van der Waals surface area contributed by atoms with Crippen molar-refractivity contribution in [3.05, 3.63) is 51.6 Å². The number of aryl methyl sites for hydroxylation is 1. The molecule has 0 radical (unpaired) electrons. The van der Waals surface area contributed by atoms with E-state index in [1.54, 1.807) is 18.2 Å². The second-order valence-corrected chi connectivity index (χ2v) is 6.59. The van der Waals surface area contributed by atoms with Gasteiger partial charge in [0.15, 0.2) is 0 Å². The third-order valence-electron chi connectivity index (χ3n) is 2.65. The summed E-state index contributed by atoms with van der Waals surface area (Å²) >= 11 is 3.64. The molecule has 2 N–H and O–H groups in total. The van der Waals surface area contributed by atoms with E-state index in [0.717, 1.165) is 19.7 Å². The third kappa shape index (κ3) is 4.42. The average Bonchev–Trinajstić information content (AvgIpc) is 2.40. The fourth-order valence-corrected chi connectivity index (χ4v) is 3.07. The molecule has 0 unspecified atom stereocenters. The quantitative estimate of drug-likeness (QED) is 0.603. The van der Waals surface area contributed by atoms with E-state index in [1.807, 2.05) is 31.2 Å². The Morgan fingerprint density at radius 3 is 2.80 bits per heavy atom. The molecule has 2 rings (SSSR count). The number of carbonyl (C=O) groups excluding carboxylic acids is 1. The summed E-state index contributed by atoms with van der Waals surface area (Å²) in [6.45, 7) is 1.97. The zero-order valence-electron chi connectivity index (χ0n) is 10.9. The number of benzene rings is 2. The Morgan fingerprint density at radius 2 is 2.10 bits per heavy atom. The SMILES string of the molecule is Cc1cc(I)ccc1NC(=O)CSc1cccc(O)c1. The van der Waals surface area contributed by atoms with Crippen molar-refractivity contribution in [2.75, 3.05) is 11.1 Å². The molecule has 0 fully saturated rings. The third-order valence-corrected chi connectivity index (χ3v) is 4.31. The van der Waals surface area contributed by atoms with Crippen LogP contribution in [0.25, 0.3) is 0 Å². The molecule has 2 aromatic rings. The van der Waals surface area contributed by atoms with Gasteiger partial charge < -0.3 is 10.4 Å². The minimum Gasteiger partial charge on any atom is -0.508 e. The maximum Gasteiger partial charge on any atom is 0.234 e. The first-order chi connectivity index (χ1) is 9.54. The minimum absolute atomic E-state index is 0.0531. The van der Waals surface area contributed by atoms with Crippen molar-refractivity contribution >= 4 is 45.9 Å². The number of aromatic hydroxyl groups is 1. The topological polar surface area (TPSA) is 49.3 Å². The molecule has 0 spiro atoms. The largest absolute Gasteiger partial charge is 0.508 e. The normalized spacial score (nSPS) is 10.3. The number of carbonyl (C=O) groups is 1. The predicted octanol–water partition coefficient (Wildman–Crippen LogP) is 4.04. The Morgan fingerprint density at radius 1 is 1.30 bits per heavy atom. The summed E-state index contributed by atoms with van der Waals surface area (Å²) in [5.41, 5.74) is 1.89. The highest BCUT2D eigenvalue weighted by molar-refractivity contribution is 14.1. The van der Waals surface area contributed by atoms with Crippen LogP contribution in [0.5, 0.6) is 5.75 Å². The standard InChI is InChI=1S/C15H14INO2S/c1-10-7-11(16)5-6-14(10)17-15(19)9-20-13-4-2-3-12(18)8-13/h2-8,18H,9H2,1H3,(H,17,19). The molecule has 104 valence electrons. The van der Waals surface area contributed by atoms with Crippen LogP contribution < -0.4 is 5.32 Å². The van der Waals surface area contributed by atoms with Crippen molar-refractivity contribution in [2.24, 2.45) is 0 Å². The Hall–Kier alpha value is -1.21. The van der Waals surface area contributed by atoms with Crippen molar-refractivity contribution in [1.82, 2.24) is 0 Å². The summed E-state index contributed by atoms with van der Waals surface area (Å²) in [7, 11) is 0. The summed E-state index contributed by atoms with van der Waals surface area (Å²) in [6.07, 6.45) is 0. The van der Waals surface area contributed by atoms with Gasteiger partial charge in [-0.05, 0) is 71.5 Å². The molecular formula is C15H14INO2S. The van der Waals surface area contributed by atoms with Gasteiger partial charge in [0.05, 0.1) is 5.75 Å². The fourth-order valence-electron chi connectivity index (χ4n) is 1.68. The summed E-state index contributed by atoms with van der Waals surface area (Å²) in [5, 5.41) is 12.3. The lowest BCUT2D eigenvalue weighted by Gasteiger charge is -2.08. The van der Waals surface area contributed by atoms with E-state index in [2.05, 4.69) is 27.9 Å². The number of amides is 1. The van der Waals surface area contributed by atoms with Crippen molar-refractivity contribution in [2.45, 2.75) is 11.8 Å². The summed E-state index contributed by atoms with van der Waals surface area (Å²) < 4.78 is 1.15. The first-order valence-electron chi connectivity index (χ1n) is 6.02. The van der Waals surface area contributed by atoms with Gasteiger partial charge in [0, 0.05) is 14.2 Å². The van der Waals surface area contributed by atoms with Gasteiger partial charge >= 0.3 is 0 Å². The number of halogens is 1. The summed E-state index contributed by atoms with van der Waals surface area (Å²) in [4.78, 5) is 12.8. The van der Waals surface area contributed by atoms with Crippen molar-refractivity contribution in [3.63, 3.8) is 0 Å². The van der Waals surface area contributed by atoms with Gasteiger partial charge in [-0.3, -0.25) is 4.79 Å². The lowest BCUT2D eigenvalue weighted by Crippen LogP contribution is -2.14. The van der Waals surface area contributed by atoms with Crippen LogP contribution >= 0.6 is 34.4 Å². The van der Waals surface area contributed by atoms with E-state index in [-0.39, 0.29) is 11.7 Å². The molecule has 0 bridgehead atoms. The van der Waals surface area contributed by atoms with Crippen LogP contribution in [0.2, 0.25) is 0 Å². The predicted molar refractivity (Wildman–Crippen MR) is 91.4 cm³/mol. The lowest BCUT2D eigenvalue weighted by molar-refractivity contribution is -0.113. The van der Waals surface area contributed by atoms with Crippen LogP contribution in [0.1, 0.15) is 5.56 Å². The molecule has 0 atom stereocenters. The molecule has 0 aliphatic rings. The van der Waals surface area contributed by atoms with E-state index in [9.17, 15) is 9.90 Å². The zero-order chi connectivity index (χ0) is 14.5. The van der Waals surface area contributed by atoms with Gasteiger partial charge in [0.2, 0.25) is 5.91 Å². The molecule has 0 aliphatic heterocycles. The average molecular weight is 399 g/mol. The van der Waals surface area contributed by atoms with Crippen LogP contribution in [-0.2, 0) is 4.79 Å². The van der Waals surface area contributed by atoms with E-state index in [4.69, 9.17) is 0 Å². The number of phenols is 1.